The second kappa shape index (κ2) is 8.17. The molecule has 1 saturated heterocycles. The van der Waals surface area contributed by atoms with Gasteiger partial charge in [0.2, 0.25) is 5.91 Å². The van der Waals surface area contributed by atoms with Crippen LogP contribution in [0.1, 0.15) is 85.0 Å². The summed E-state index contributed by atoms with van der Waals surface area (Å²) >= 11 is 0. The van der Waals surface area contributed by atoms with Crippen molar-refractivity contribution in [2.45, 2.75) is 103 Å². The molecule has 2 fully saturated rings. The number of hydrogen-bond donors (Lipinski definition) is 1. The fourth-order valence-corrected chi connectivity index (χ4v) is 4.21. The molecule has 0 aromatic rings. The average Bonchev–Trinajstić information content (AvgIpc) is 3.11. The van der Waals surface area contributed by atoms with Gasteiger partial charge in [0.15, 0.2) is 0 Å². The normalized spacial score (nSPS) is 28.5. The summed E-state index contributed by atoms with van der Waals surface area (Å²) in [7, 11) is 0. The monoisotopic (exact) mass is 294 g/mol. The molecule has 1 N–H and O–H groups in total. The summed E-state index contributed by atoms with van der Waals surface area (Å²) in [5, 5.41) is 3.72. The Labute approximate surface area is 130 Å². The van der Waals surface area contributed by atoms with Gasteiger partial charge in [-0.05, 0) is 38.0 Å². The van der Waals surface area contributed by atoms with Crippen LogP contribution in [0.15, 0.2) is 0 Å². The molecule has 3 atom stereocenters. The number of rotatable bonds is 8. The lowest BCUT2D eigenvalue weighted by Crippen LogP contribution is -2.47. The van der Waals surface area contributed by atoms with Crippen molar-refractivity contribution in [3.05, 3.63) is 0 Å². The van der Waals surface area contributed by atoms with Crippen LogP contribution >= 0.6 is 0 Å². The predicted octanol–water partition coefficient (Wildman–Crippen LogP) is 4.07. The fraction of sp³-hybridized carbons (Fsp3) is 0.944. The third kappa shape index (κ3) is 3.80. The Kier molecular flexibility index (Phi) is 6.53. The Hall–Kier alpha value is -0.570. The van der Waals surface area contributed by atoms with E-state index >= 15 is 0 Å². The first-order chi connectivity index (χ1) is 10.2. The number of carbonyl (C=O) groups is 1. The molecule has 1 saturated carbocycles. The van der Waals surface area contributed by atoms with E-state index in [0.717, 1.165) is 25.7 Å². The van der Waals surface area contributed by atoms with Gasteiger partial charge in [0, 0.05) is 6.04 Å². The highest BCUT2D eigenvalue weighted by molar-refractivity contribution is 5.84. The van der Waals surface area contributed by atoms with Crippen molar-refractivity contribution in [3.63, 3.8) is 0 Å². The maximum atomic E-state index is 12.9. The van der Waals surface area contributed by atoms with Gasteiger partial charge in [-0.3, -0.25) is 10.1 Å². The van der Waals surface area contributed by atoms with Crippen molar-refractivity contribution in [1.29, 1.82) is 0 Å². The molecular formula is C18H34N2O. The maximum absolute atomic E-state index is 12.9. The van der Waals surface area contributed by atoms with Crippen molar-refractivity contribution in [1.82, 2.24) is 10.2 Å². The summed E-state index contributed by atoms with van der Waals surface area (Å²) in [5.41, 5.74) is 0. The van der Waals surface area contributed by atoms with E-state index in [4.69, 9.17) is 0 Å². The molecule has 3 nitrogen and oxygen atoms in total. The summed E-state index contributed by atoms with van der Waals surface area (Å²) in [5.74, 6) is 1.08. The number of amides is 1. The summed E-state index contributed by atoms with van der Waals surface area (Å²) in [6.07, 6.45) is 12.3. The van der Waals surface area contributed by atoms with E-state index in [2.05, 4.69) is 31.0 Å². The number of nitrogens with zero attached hydrogens (tertiary/aromatic N) is 1. The lowest BCUT2D eigenvalue weighted by Gasteiger charge is -2.35. The minimum absolute atomic E-state index is 0.0847. The molecule has 2 aliphatic rings. The summed E-state index contributed by atoms with van der Waals surface area (Å²) in [6.45, 7) is 6.67. The molecule has 1 amide bonds. The van der Waals surface area contributed by atoms with Gasteiger partial charge in [-0.1, -0.05) is 52.9 Å². The number of carbonyl (C=O) groups excluding carboxylic acids is 1. The number of hydrogen-bond acceptors (Lipinski definition) is 2. The van der Waals surface area contributed by atoms with Crippen LogP contribution in [-0.2, 0) is 4.79 Å². The van der Waals surface area contributed by atoms with Crippen LogP contribution < -0.4 is 5.32 Å². The molecule has 0 aromatic heterocycles. The average molecular weight is 294 g/mol. The predicted molar refractivity (Wildman–Crippen MR) is 88.0 cm³/mol. The topological polar surface area (TPSA) is 32.3 Å². The molecular weight excluding hydrogens is 260 g/mol. The SMILES string of the molecule is CCCCC1NC(C2CCCC2)N(C(CC)CCC)C1=O. The zero-order valence-electron chi connectivity index (χ0n) is 14.2. The third-order valence-electron chi connectivity index (χ3n) is 5.40. The highest BCUT2D eigenvalue weighted by atomic mass is 16.2. The minimum Gasteiger partial charge on any atom is -0.323 e. The fourth-order valence-electron chi connectivity index (χ4n) is 4.21. The first kappa shape index (κ1) is 16.8. The Morgan fingerprint density at radius 2 is 1.90 bits per heavy atom. The molecule has 1 aliphatic heterocycles. The minimum atomic E-state index is 0.0847. The van der Waals surface area contributed by atoms with Crippen LogP contribution in [0.25, 0.3) is 0 Å². The highest BCUT2D eigenvalue weighted by Crippen LogP contribution is 2.34. The van der Waals surface area contributed by atoms with Crippen molar-refractivity contribution < 1.29 is 4.79 Å². The zero-order valence-corrected chi connectivity index (χ0v) is 14.2. The quantitative estimate of drug-likeness (QED) is 0.732. The molecule has 1 aliphatic carbocycles. The standard InChI is InChI=1S/C18H34N2O/c1-4-7-13-16-18(21)20(15(6-3)10-5-2)17(19-16)14-11-8-9-12-14/h14-17,19H,4-13H2,1-3H3. The van der Waals surface area contributed by atoms with E-state index in [9.17, 15) is 4.79 Å². The summed E-state index contributed by atoms with van der Waals surface area (Å²) in [6, 6.07) is 0.522. The number of unbranched alkanes of at least 4 members (excludes halogenated alkanes) is 1. The van der Waals surface area contributed by atoms with E-state index in [0.29, 0.717) is 24.0 Å². The van der Waals surface area contributed by atoms with Crippen LogP contribution in [0.5, 0.6) is 0 Å². The summed E-state index contributed by atoms with van der Waals surface area (Å²) in [4.78, 5) is 15.2. The van der Waals surface area contributed by atoms with Gasteiger partial charge in [-0.15, -0.1) is 0 Å². The van der Waals surface area contributed by atoms with E-state index < -0.39 is 0 Å². The smallest absolute Gasteiger partial charge is 0.241 e. The van der Waals surface area contributed by atoms with Crippen LogP contribution in [0.3, 0.4) is 0 Å². The van der Waals surface area contributed by atoms with Gasteiger partial charge in [0.25, 0.3) is 0 Å². The van der Waals surface area contributed by atoms with Crippen LogP contribution in [0, 0.1) is 5.92 Å². The van der Waals surface area contributed by atoms with E-state index in [1.54, 1.807) is 0 Å². The first-order valence-electron chi connectivity index (χ1n) is 9.31. The van der Waals surface area contributed by atoms with Crippen molar-refractivity contribution >= 4 is 5.91 Å². The second-order valence-electron chi connectivity index (χ2n) is 6.95. The third-order valence-corrected chi connectivity index (χ3v) is 5.40. The largest absolute Gasteiger partial charge is 0.323 e. The zero-order chi connectivity index (χ0) is 15.2. The Bertz CT molecular complexity index is 325. The van der Waals surface area contributed by atoms with Gasteiger partial charge in [0.05, 0.1) is 12.2 Å². The van der Waals surface area contributed by atoms with Crippen LogP contribution in [0.2, 0.25) is 0 Å². The van der Waals surface area contributed by atoms with Crippen molar-refractivity contribution in [3.8, 4) is 0 Å². The lowest BCUT2D eigenvalue weighted by molar-refractivity contribution is -0.133. The van der Waals surface area contributed by atoms with Gasteiger partial charge in [0.1, 0.15) is 0 Å². The number of nitrogens with one attached hydrogen (secondary N) is 1. The van der Waals surface area contributed by atoms with Crippen molar-refractivity contribution in [2.24, 2.45) is 5.92 Å². The lowest BCUT2D eigenvalue weighted by atomic mass is 10.0. The van der Waals surface area contributed by atoms with Crippen molar-refractivity contribution in [2.75, 3.05) is 0 Å². The Morgan fingerprint density at radius 3 is 2.48 bits per heavy atom. The highest BCUT2D eigenvalue weighted by Gasteiger charge is 2.44. The van der Waals surface area contributed by atoms with E-state index in [1.165, 1.54) is 38.5 Å². The first-order valence-corrected chi connectivity index (χ1v) is 9.31. The maximum Gasteiger partial charge on any atom is 0.241 e. The Morgan fingerprint density at radius 1 is 1.19 bits per heavy atom. The molecule has 1 heterocycles. The molecule has 0 bridgehead atoms. The van der Waals surface area contributed by atoms with E-state index in [1.807, 2.05) is 0 Å². The van der Waals surface area contributed by atoms with Gasteiger partial charge in [-0.25, -0.2) is 0 Å². The van der Waals surface area contributed by atoms with Crippen LogP contribution in [0.4, 0.5) is 0 Å². The Balaban J connectivity index is 2.11. The molecule has 3 unspecified atom stereocenters. The van der Waals surface area contributed by atoms with E-state index in [-0.39, 0.29) is 6.04 Å². The van der Waals surface area contributed by atoms with Crippen LogP contribution in [-0.4, -0.2) is 29.1 Å². The molecule has 0 radical (unpaired) electrons. The molecule has 0 spiro atoms. The molecule has 3 heteroatoms. The van der Waals surface area contributed by atoms with Gasteiger partial charge < -0.3 is 4.90 Å². The van der Waals surface area contributed by atoms with Gasteiger partial charge >= 0.3 is 0 Å². The second-order valence-corrected chi connectivity index (χ2v) is 6.95. The molecule has 0 aromatic carbocycles. The molecule has 2 rings (SSSR count). The molecule has 122 valence electrons. The van der Waals surface area contributed by atoms with Gasteiger partial charge in [-0.2, -0.15) is 0 Å². The summed E-state index contributed by atoms with van der Waals surface area (Å²) < 4.78 is 0. The molecule has 21 heavy (non-hydrogen) atoms.